The quantitative estimate of drug-likeness (QED) is 0.815. The van der Waals surface area contributed by atoms with Gasteiger partial charge in [-0.1, -0.05) is 49.6 Å². The number of rotatable bonds is 3. The van der Waals surface area contributed by atoms with Gasteiger partial charge in [0.1, 0.15) is 6.17 Å². The van der Waals surface area contributed by atoms with Gasteiger partial charge in [0.15, 0.2) is 11.4 Å². The Bertz CT molecular complexity index is 1030. The van der Waals surface area contributed by atoms with Crippen LogP contribution in [0, 0.1) is 5.92 Å². The lowest BCUT2D eigenvalue weighted by Gasteiger charge is -2.57. The molecule has 164 valence electrons. The lowest BCUT2D eigenvalue weighted by molar-refractivity contribution is 0.0313. The Balaban J connectivity index is 1.65. The number of piperidine rings is 1. The van der Waals surface area contributed by atoms with Gasteiger partial charge in [-0.25, -0.2) is 0 Å². The first-order valence-electron chi connectivity index (χ1n) is 11.6. The smallest absolute Gasteiger partial charge is 0.278 e. The first kappa shape index (κ1) is 20.2. The first-order valence-corrected chi connectivity index (χ1v) is 11.6. The van der Waals surface area contributed by atoms with Crippen LogP contribution in [0.5, 0.6) is 5.75 Å². The van der Waals surface area contributed by atoms with Gasteiger partial charge in [0, 0.05) is 18.8 Å². The zero-order chi connectivity index (χ0) is 21.6. The second-order valence-electron chi connectivity index (χ2n) is 9.54. The van der Waals surface area contributed by atoms with Crippen molar-refractivity contribution >= 4 is 5.91 Å². The van der Waals surface area contributed by atoms with Crippen LogP contribution in [0.25, 0.3) is 0 Å². The summed E-state index contributed by atoms with van der Waals surface area (Å²) in [5, 5.41) is 12.9. The molecule has 0 spiro atoms. The SMILES string of the molecule is CC1(c2ccccc2)CCCC2N(CC3CCCCC3)C(=O)c3c(O)c(=O)ccn3N21. The normalized spacial score (nSPS) is 26.5. The maximum absolute atomic E-state index is 13.6. The minimum absolute atomic E-state index is 0.0946. The Morgan fingerprint density at radius 1 is 1.00 bits per heavy atom. The van der Waals surface area contributed by atoms with Gasteiger partial charge in [-0.15, -0.1) is 0 Å². The number of fused-ring (bicyclic) bond motifs is 3. The number of nitrogens with zero attached hydrogens (tertiary/aromatic N) is 3. The summed E-state index contributed by atoms with van der Waals surface area (Å²) in [6.45, 7) is 2.90. The maximum Gasteiger partial charge on any atom is 0.278 e. The van der Waals surface area contributed by atoms with E-state index in [2.05, 4.69) is 24.1 Å². The van der Waals surface area contributed by atoms with Gasteiger partial charge in [0.25, 0.3) is 5.91 Å². The fourth-order valence-corrected chi connectivity index (χ4v) is 5.96. The molecule has 6 heteroatoms. The maximum atomic E-state index is 13.6. The monoisotopic (exact) mass is 421 g/mol. The van der Waals surface area contributed by atoms with Gasteiger partial charge in [-0.2, -0.15) is 0 Å². The van der Waals surface area contributed by atoms with Gasteiger partial charge in [-0.05, 0) is 50.5 Å². The lowest BCUT2D eigenvalue weighted by Crippen LogP contribution is -2.69. The minimum atomic E-state index is -0.505. The van der Waals surface area contributed by atoms with Crippen LogP contribution in [-0.2, 0) is 5.54 Å². The van der Waals surface area contributed by atoms with Crippen molar-refractivity contribution < 1.29 is 9.90 Å². The van der Waals surface area contributed by atoms with Gasteiger partial charge in [0.05, 0.1) is 5.54 Å². The average molecular weight is 422 g/mol. The molecule has 1 amide bonds. The van der Waals surface area contributed by atoms with Crippen molar-refractivity contribution in [1.29, 1.82) is 0 Å². The summed E-state index contributed by atoms with van der Waals surface area (Å²) in [6, 6.07) is 11.7. The summed E-state index contributed by atoms with van der Waals surface area (Å²) in [5.41, 5.74) is 0.417. The fourth-order valence-electron chi connectivity index (χ4n) is 5.96. The molecule has 1 saturated carbocycles. The molecule has 2 unspecified atom stereocenters. The number of hydrogen-bond acceptors (Lipinski definition) is 4. The number of hydrogen-bond donors (Lipinski definition) is 1. The molecule has 5 rings (SSSR count). The summed E-state index contributed by atoms with van der Waals surface area (Å²) in [5.74, 6) is -0.187. The topological polar surface area (TPSA) is 65.8 Å². The van der Waals surface area contributed by atoms with Crippen molar-refractivity contribution in [2.24, 2.45) is 5.92 Å². The number of carbonyl (C=O) groups is 1. The highest BCUT2D eigenvalue weighted by Gasteiger charge is 2.50. The van der Waals surface area contributed by atoms with E-state index in [-0.39, 0.29) is 23.3 Å². The highest BCUT2D eigenvalue weighted by Crippen LogP contribution is 2.43. The van der Waals surface area contributed by atoms with E-state index >= 15 is 0 Å². The molecule has 31 heavy (non-hydrogen) atoms. The molecule has 0 radical (unpaired) electrons. The van der Waals surface area contributed by atoms with Crippen molar-refractivity contribution in [3.63, 3.8) is 0 Å². The highest BCUT2D eigenvalue weighted by molar-refractivity contribution is 5.96. The van der Waals surface area contributed by atoms with E-state index in [0.29, 0.717) is 12.5 Å². The Labute approximate surface area is 183 Å². The molecule has 6 nitrogen and oxygen atoms in total. The molecule has 0 bridgehead atoms. The standard InChI is InChI=1S/C25H31N3O3/c1-25(19-11-6-3-7-12-19)15-8-13-21-26(17-18-9-4-2-5-10-18)24(31)22-23(30)20(29)14-16-27(22)28(21)25/h3,6-7,11-12,14,16,18,21,30H,2,4-5,8-10,13,15,17H2,1H3. The molecule has 1 aliphatic carbocycles. The Kier molecular flexibility index (Phi) is 5.03. The number of carbonyl (C=O) groups excluding carboxylic acids is 1. The van der Waals surface area contributed by atoms with Gasteiger partial charge >= 0.3 is 0 Å². The van der Waals surface area contributed by atoms with Crippen molar-refractivity contribution in [3.05, 3.63) is 64.1 Å². The van der Waals surface area contributed by atoms with E-state index < -0.39 is 11.2 Å². The van der Waals surface area contributed by atoms with E-state index in [1.165, 1.54) is 30.9 Å². The zero-order valence-electron chi connectivity index (χ0n) is 18.2. The van der Waals surface area contributed by atoms with Crippen LogP contribution in [0.2, 0.25) is 0 Å². The largest absolute Gasteiger partial charge is 0.502 e. The molecule has 2 atom stereocenters. The van der Waals surface area contributed by atoms with E-state index in [4.69, 9.17) is 0 Å². The third kappa shape index (κ3) is 3.24. The van der Waals surface area contributed by atoms with Crippen molar-refractivity contribution in [1.82, 2.24) is 9.58 Å². The van der Waals surface area contributed by atoms with Crippen LogP contribution in [0.1, 0.15) is 74.3 Å². The predicted octanol–water partition coefficient (Wildman–Crippen LogP) is 3.95. The predicted molar refractivity (Wildman–Crippen MR) is 120 cm³/mol. The fraction of sp³-hybridized carbons (Fsp3) is 0.520. The van der Waals surface area contributed by atoms with Crippen LogP contribution in [-0.4, -0.2) is 33.3 Å². The summed E-state index contributed by atoms with van der Waals surface area (Å²) in [6.07, 6.45) is 10.4. The Morgan fingerprint density at radius 2 is 1.74 bits per heavy atom. The first-order chi connectivity index (χ1) is 15.0. The van der Waals surface area contributed by atoms with Crippen LogP contribution >= 0.6 is 0 Å². The number of amides is 1. The van der Waals surface area contributed by atoms with E-state index in [1.807, 2.05) is 23.1 Å². The van der Waals surface area contributed by atoms with Crippen LogP contribution < -0.4 is 10.4 Å². The van der Waals surface area contributed by atoms with Gasteiger partial charge in [0.2, 0.25) is 5.43 Å². The van der Waals surface area contributed by atoms with Crippen LogP contribution in [0.3, 0.4) is 0 Å². The molecular weight excluding hydrogens is 390 g/mol. The van der Waals surface area contributed by atoms with Crippen LogP contribution in [0.15, 0.2) is 47.4 Å². The molecule has 2 aliphatic heterocycles. The van der Waals surface area contributed by atoms with Gasteiger partial charge in [-0.3, -0.25) is 19.3 Å². The Hall–Kier alpha value is -2.76. The molecule has 1 N–H and O–H groups in total. The van der Waals surface area contributed by atoms with Crippen LogP contribution in [0.4, 0.5) is 0 Å². The summed E-state index contributed by atoms with van der Waals surface area (Å²) >= 11 is 0. The molecule has 1 saturated heterocycles. The Morgan fingerprint density at radius 3 is 2.48 bits per heavy atom. The van der Waals surface area contributed by atoms with Crippen molar-refractivity contribution in [2.75, 3.05) is 11.6 Å². The number of pyridine rings is 1. The summed E-state index contributed by atoms with van der Waals surface area (Å²) < 4.78 is 1.76. The minimum Gasteiger partial charge on any atom is -0.502 e. The average Bonchev–Trinajstić information content (AvgIpc) is 2.80. The molecular formula is C25H31N3O3. The van der Waals surface area contributed by atoms with E-state index in [0.717, 1.165) is 32.1 Å². The third-order valence-corrected chi connectivity index (χ3v) is 7.60. The van der Waals surface area contributed by atoms with Crippen molar-refractivity contribution in [3.8, 4) is 5.75 Å². The zero-order valence-corrected chi connectivity index (χ0v) is 18.2. The molecule has 3 heterocycles. The summed E-state index contributed by atoms with van der Waals surface area (Å²) in [7, 11) is 0. The van der Waals surface area contributed by atoms with E-state index in [9.17, 15) is 14.7 Å². The van der Waals surface area contributed by atoms with Gasteiger partial charge < -0.3 is 10.0 Å². The molecule has 1 aromatic carbocycles. The lowest BCUT2D eigenvalue weighted by atomic mass is 9.81. The van der Waals surface area contributed by atoms with Crippen molar-refractivity contribution in [2.45, 2.75) is 70.0 Å². The second-order valence-corrected chi connectivity index (χ2v) is 9.54. The molecule has 2 aromatic rings. The molecule has 3 aliphatic rings. The number of benzene rings is 1. The highest BCUT2D eigenvalue weighted by atomic mass is 16.3. The molecule has 1 aromatic heterocycles. The third-order valence-electron chi connectivity index (χ3n) is 7.60. The number of aromatic nitrogens is 1. The number of aromatic hydroxyl groups is 1. The van der Waals surface area contributed by atoms with E-state index in [1.54, 1.807) is 10.9 Å². The second kappa shape index (κ2) is 7.74. The molecule has 2 fully saturated rings. The summed E-state index contributed by atoms with van der Waals surface area (Å²) in [4.78, 5) is 27.9.